The van der Waals surface area contributed by atoms with E-state index in [1.165, 1.54) is 65.3 Å². The monoisotopic (exact) mass is 393 g/mol. The first kappa shape index (κ1) is 16.7. The largest absolute Gasteiger partial charge is 0.355 e. The summed E-state index contributed by atoms with van der Waals surface area (Å²) in [6.07, 6.45) is 0. The topological polar surface area (TPSA) is 15.8 Å². The van der Waals surface area contributed by atoms with Crippen LogP contribution in [0.4, 0.5) is 0 Å². The summed E-state index contributed by atoms with van der Waals surface area (Å²) in [5, 5.41) is 10.4. The van der Waals surface area contributed by atoms with E-state index in [0.717, 1.165) is 0 Å². The zero-order valence-electron chi connectivity index (χ0n) is 16.9. The molecule has 31 heavy (non-hydrogen) atoms. The minimum atomic E-state index is 1.18. The van der Waals surface area contributed by atoms with E-state index >= 15 is 0 Å². The maximum Gasteiger partial charge on any atom is 0.0465 e. The van der Waals surface area contributed by atoms with Crippen LogP contribution in [0.2, 0.25) is 0 Å². The summed E-state index contributed by atoms with van der Waals surface area (Å²) >= 11 is 0. The molecule has 6 aromatic carbocycles. The van der Waals surface area contributed by atoms with Crippen molar-refractivity contribution >= 4 is 54.1 Å². The third kappa shape index (κ3) is 2.38. The molecule has 0 atom stereocenters. The fraction of sp³-hybridized carbons (Fsp3) is 0. The molecule has 0 aliphatic heterocycles. The van der Waals surface area contributed by atoms with Crippen molar-refractivity contribution in [3.63, 3.8) is 0 Å². The molecule has 0 fully saturated rings. The van der Waals surface area contributed by atoms with Gasteiger partial charge in [-0.1, -0.05) is 84.9 Å². The van der Waals surface area contributed by atoms with Crippen molar-refractivity contribution in [1.82, 2.24) is 4.98 Å². The number of nitrogens with one attached hydrogen (secondary N) is 1. The lowest BCUT2D eigenvalue weighted by atomic mass is 9.92. The van der Waals surface area contributed by atoms with E-state index in [2.05, 4.69) is 114 Å². The number of hydrogen-bond acceptors (Lipinski definition) is 0. The molecule has 0 amide bonds. The Hall–Kier alpha value is -4.10. The molecule has 1 heterocycles. The van der Waals surface area contributed by atoms with Crippen molar-refractivity contribution in [3.05, 3.63) is 109 Å². The van der Waals surface area contributed by atoms with Crippen LogP contribution < -0.4 is 0 Å². The van der Waals surface area contributed by atoms with Crippen molar-refractivity contribution in [1.29, 1.82) is 0 Å². The van der Waals surface area contributed by atoms with Crippen molar-refractivity contribution in [2.45, 2.75) is 0 Å². The van der Waals surface area contributed by atoms with Gasteiger partial charge in [-0.05, 0) is 67.7 Å². The molecule has 1 nitrogen and oxygen atoms in total. The highest BCUT2D eigenvalue weighted by atomic mass is 14.7. The molecule has 0 bridgehead atoms. The second-order valence-electron chi connectivity index (χ2n) is 8.28. The Bertz CT molecular complexity index is 1750. The predicted molar refractivity (Wildman–Crippen MR) is 134 cm³/mol. The zero-order chi connectivity index (χ0) is 20.4. The van der Waals surface area contributed by atoms with Crippen LogP contribution in [0.3, 0.4) is 0 Å². The zero-order valence-corrected chi connectivity index (χ0v) is 16.9. The Morgan fingerprint density at radius 3 is 1.45 bits per heavy atom. The van der Waals surface area contributed by atoms with Gasteiger partial charge in [0, 0.05) is 21.8 Å². The lowest BCUT2D eigenvalue weighted by Crippen LogP contribution is -1.85. The van der Waals surface area contributed by atoms with Crippen LogP contribution in [0.1, 0.15) is 0 Å². The number of rotatable bonds is 1. The van der Waals surface area contributed by atoms with E-state index in [-0.39, 0.29) is 0 Å². The Balaban J connectivity index is 1.54. The van der Waals surface area contributed by atoms with Crippen LogP contribution in [0, 0.1) is 0 Å². The predicted octanol–water partition coefficient (Wildman–Crippen LogP) is 8.45. The van der Waals surface area contributed by atoms with Gasteiger partial charge in [0.15, 0.2) is 0 Å². The number of fused-ring (bicyclic) bond motifs is 9. The average molecular weight is 393 g/mol. The Morgan fingerprint density at radius 1 is 0.323 bits per heavy atom. The lowest BCUT2D eigenvalue weighted by Gasteiger charge is -2.12. The normalized spacial score (nSPS) is 11.9. The molecular weight excluding hydrogens is 374 g/mol. The van der Waals surface area contributed by atoms with Gasteiger partial charge in [0.25, 0.3) is 0 Å². The van der Waals surface area contributed by atoms with Crippen LogP contribution >= 0.6 is 0 Å². The van der Waals surface area contributed by atoms with Crippen LogP contribution in [0.5, 0.6) is 0 Å². The van der Waals surface area contributed by atoms with E-state index in [9.17, 15) is 0 Å². The molecule has 0 spiro atoms. The van der Waals surface area contributed by atoms with E-state index < -0.39 is 0 Å². The van der Waals surface area contributed by atoms with Gasteiger partial charge in [0.05, 0.1) is 0 Å². The molecule has 1 heteroatoms. The lowest BCUT2D eigenvalue weighted by molar-refractivity contribution is 1.54. The molecular formula is C30H19N. The Morgan fingerprint density at radius 2 is 0.774 bits per heavy atom. The first-order valence-electron chi connectivity index (χ1n) is 10.7. The van der Waals surface area contributed by atoms with E-state index in [1.54, 1.807) is 0 Å². The molecule has 0 saturated heterocycles. The Labute approximate surface area is 179 Å². The quantitative estimate of drug-likeness (QED) is 0.269. The second-order valence-corrected chi connectivity index (χ2v) is 8.28. The number of para-hydroxylation sites is 1. The van der Waals surface area contributed by atoms with Gasteiger partial charge in [-0.15, -0.1) is 0 Å². The summed E-state index contributed by atoms with van der Waals surface area (Å²) in [6, 6.07) is 39.7. The molecule has 0 aliphatic carbocycles. The average Bonchev–Trinajstić information content (AvgIpc) is 3.22. The van der Waals surface area contributed by atoms with Crippen molar-refractivity contribution in [2.75, 3.05) is 0 Å². The molecule has 1 N–H and O–H groups in total. The van der Waals surface area contributed by atoms with Gasteiger partial charge in [0.1, 0.15) is 0 Å². The van der Waals surface area contributed by atoms with Gasteiger partial charge >= 0.3 is 0 Å². The van der Waals surface area contributed by atoms with E-state index in [0.29, 0.717) is 0 Å². The molecule has 144 valence electrons. The molecule has 1 aromatic heterocycles. The van der Waals surface area contributed by atoms with E-state index in [4.69, 9.17) is 0 Å². The summed E-state index contributed by atoms with van der Waals surface area (Å²) in [5.74, 6) is 0. The fourth-order valence-corrected chi connectivity index (χ4v) is 5.11. The molecule has 7 rings (SSSR count). The third-order valence-corrected chi connectivity index (χ3v) is 6.58. The number of aromatic amines is 1. The van der Waals surface area contributed by atoms with Crippen molar-refractivity contribution in [2.24, 2.45) is 0 Å². The first-order chi connectivity index (χ1) is 15.4. The molecule has 0 aliphatic rings. The highest BCUT2D eigenvalue weighted by molar-refractivity contribution is 6.25. The highest BCUT2D eigenvalue weighted by Crippen LogP contribution is 2.37. The van der Waals surface area contributed by atoms with E-state index in [1.807, 2.05) is 0 Å². The molecule has 7 aromatic rings. The van der Waals surface area contributed by atoms with Gasteiger partial charge in [-0.25, -0.2) is 0 Å². The van der Waals surface area contributed by atoms with Gasteiger partial charge in [-0.3, -0.25) is 0 Å². The first-order valence-corrected chi connectivity index (χ1v) is 10.7. The summed E-state index contributed by atoms with van der Waals surface area (Å²) in [5.41, 5.74) is 4.87. The minimum Gasteiger partial charge on any atom is -0.355 e. The van der Waals surface area contributed by atoms with Crippen LogP contribution in [0.25, 0.3) is 65.3 Å². The summed E-state index contributed by atoms with van der Waals surface area (Å²) in [7, 11) is 0. The minimum absolute atomic E-state index is 1.18. The summed E-state index contributed by atoms with van der Waals surface area (Å²) in [4.78, 5) is 3.53. The molecule has 0 radical (unpaired) electrons. The van der Waals surface area contributed by atoms with Crippen LogP contribution in [-0.4, -0.2) is 4.98 Å². The van der Waals surface area contributed by atoms with Gasteiger partial charge in [-0.2, -0.15) is 0 Å². The second kappa shape index (κ2) is 6.20. The smallest absolute Gasteiger partial charge is 0.0465 e. The third-order valence-electron chi connectivity index (χ3n) is 6.58. The number of benzene rings is 6. The fourth-order valence-electron chi connectivity index (χ4n) is 5.11. The Kier molecular flexibility index (Phi) is 3.33. The SMILES string of the molecule is c1ccc2c(c1)[nH]c1ccc(-c3ccc4c5ccccc5c5ccccc5c4c3)cc12. The number of hydrogen-bond donors (Lipinski definition) is 1. The van der Waals surface area contributed by atoms with Crippen molar-refractivity contribution in [3.8, 4) is 11.1 Å². The van der Waals surface area contributed by atoms with Gasteiger partial charge in [0.2, 0.25) is 0 Å². The van der Waals surface area contributed by atoms with Crippen LogP contribution in [-0.2, 0) is 0 Å². The number of aromatic nitrogens is 1. The van der Waals surface area contributed by atoms with Crippen molar-refractivity contribution < 1.29 is 0 Å². The highest BCUT2D eigenvalue weighted by Gasteiger charge is 2.10. The standard InChI is InChI=1S/C30H19N/c1-2-9-23-21(7-1)22-8-3-4-10-24(22)27-17-19(13-15-25(23)27)20-14-16-30-28(18-20)26-11-5-6-12-29(26)31-30/h1-18,31H. The number of H-pyrrole nitrogens is 1. The van der Waals surface area contributed by atoms with Crippen LogP contribution in [0.15, 0.2) is 109 Å². The van der Waals surface area contributed by atoms with Gasteiger partial charge < -0.3 is 4.98 Å². The molecule has 0 unspecified atom stereocenters. The summed E-state index contributed by atoms with van der Waals surface area (Å²) < 4.78 is 0. The summed E-state index contributed by atoms with van der Waals surface area (Å²) in [6.45, 7) is 0. The maximum atomic E-state index is 3.53. The molecule has 0 saturated carbocycles. The maximum absolute atomic E-state index is 3.53.